The molecule has 2 aromatic rings. The van der Waals surface area contributed by atoms with Gasteiger partial charge in [-0.15, -0.1) is 0 Å². The number of nitrogens with two attached hydrogens (primary N) is 1. The van der Waals surface area contributed by atoms with Gasteiger partial charge in [0, 0.05) is 17.1 Å². The molecule has 0 fully saturated rings. The fraction of sp³-hybridized carbons (Fsp3) is 0.286. The molecule has 2 rings (SSSR count). The number of rotatable bonds is 6. The minimum atomic E-state index is 0.204. The van der Waals surface area contributed by atoms with Gasteiger partial charge < -0.3 is 15.8 Å². The Kier molecular flexibility index (Phi) is 5.17. The van der Waals surface area contributed by atoms with Gasteiger partial charge in [-0.1, -0.05) is 35.0 Å². The first-order chi connectivity index (χ1) is 9.67. The number of anilines is 2. The van der Waals surface area contributed by atoms with Crippen LogP contribution in [0.15, 0.2) is 34.8 Å². The van der Waals surface area contributed by atoms with Crippen LogP contribution in [0.5, 0.6) is 5.88 Å². The molecule has 0 aliphatic carbocycles. The van der Waals surface area contributed by atoms with Crippen molar-refractivity contribution in [3.05, 3.63) is 40.4 Å². The largest absolute Gasteiger partial charge is 0.473 e. The van der Waals surface area contributed by atoms with Crippen molar-refractivity contribution in [1.29, 1.82) is 0 Å². The lowest BCUT2D eigenvalue weighted by molar-refractivity contribution is 0.294. The molecule has 0 aliphatic heterocycles. The maximum Gasteiger partial charge on any atom is 0.225 e. The van der Waals surface area contributed by atoms with Crippen molar-refractivity contribution >= 4 is 27.7 Å². The normalized spacial score (nSPS) is 10.3. The summed E-state index contributed by atoms with van der Waals surface area (Å²) in [5.74, 6) is 1.36. The number of halogens is 1. The zero-order valence-electron chi connectivity index (χ0n) is 11.3. The topological polar surface area (TPSA) is 73.1 Å². The van der Waals surface area contributed by atoms with Crippen molar-refractivity contribution in [2.24, 2.45) is 0 Å². The molecule has 0 saturated carbocycles. The summed E-state index contributed by atoms with van der Waals surface area (Å²) >= 11 is 3.43. The van der Waals surface area contributed by atoms with Gasteiger partial charge >= 0.3 is 0 Å². The van der Waals surface area contributed by atoms with Gasteiger partial charge in [-0.3, -0.25) is 0 Å². The van der Waals surface area contributed by atoms with Crippen LogP contribution in [-0.2, 0) is 6.61 Å². The highest BCUT2D eigenvalue weighted by atomic mass is 79.9. The van der Waals surface area contributed by atoms with Crippen LogP contribution in [0.4, 0.5) is 11.8 Å². The van der Waals surface area contributed by atoms with Gasteiger partial charge in [-0.05, 0) is 24.1 Å². The lowest BCUT2D eigenvalue weighted by atomic mass is 10.2. The van der Waals surface area contributed by atoms with Crippen LogP contribution in [0.2, 0.25) is 0 Å². The van der Waals surface area contributed by atoms with E-state index in [1.165, 1.54) is 0 Å². The minimum Gasteiger partial charge on any atom is -0.473 e. The number of hydrogen-bond acceptors (Lipinski definition) is 5. The van der Waals surface area contributed by atoms with Crippen molar-refractivity contribution in [3.63, 3.8) is 0 Å². The highest BCUT2D eigenvalue weighted by Crippen LogP contribution is 2.17. The smallest absolute Gasteiger partial charge is 0.225 e. The first kappa shape index (κ1) is 14.6. The zero-order chi connectivity index (χ0) is 14.4. The second-order valence-electron chi connectivity index (χ2n) is 4.29. The Bertz CT molecular complexity index is 577. The van der Waals surface area contributed by atoms with Crippen LogP contribution >= 0.6 is 15.9 Å². The maximum atomic E-state index is 5.67. The number of benzene rings is 1. The van der Waals surface area contributed by atoms with Crippen molar-refractivity contribution in [2.45, 2.75) is 20.0 Å². The quantitative estimate of drug-likeness (QED) is 0.847. The average Bonchev–Trinajstić information content (AvgIpc) is 2.42. The van der Waals surface area contributed by atoms with Crippen LogP contribution in [0.3, 0.4) is 0 Å². The molecule has 20 heavy (non-hydrogen) atoms. The number of aromatic nitrogens is 2. The van der Waals surface area contributed by atoms with Gasteiger partial charge in [0.2, 0.25) is 11.8 Å². The summed E-state index contributed by atoms with van der Waals surface area (Å²) < 4.78 is 6.68. The molecule has 0 spiro atoms. The third-order valence-electron chi connectivity index (χ3n) is 2.55. The van der Waals surface area contributed by atoms with Crippen LogP contribution < -0.4 is 15.8 Å². The molecule has 0 radical (unpaired) electrons. The van der Waals surface area contributed by atoms with Gasteiger partial charge in [0.1, 0.15) is 12.4 Å². The fourth-order valence-corrected chi connectivity index (χ4v) is 2.09. The molecule has 1 aromatic heterocycles. The van der Waals surface area contributed by atoms with Crippen LogP contribution in [0.25, 0.3) is 0 Å². The van der Waals surface area contributed by atoms with E-state index in [4.69, 9.17) is 10.5 Å². The third kappa shape index (κ3) is 4.38. The van der Waals surface area contributed by atoms with E-state index < -0.39 is 0 Å². The van der Waals surface area contributed by atoms with E-state index >= 15 is 0 Å². The highest BCUT2D eigenvalue weighted by molar-refractivity contribution is 9.10. The molecular formula is C14H17BrN4O. The summed E-state index contributed by atoms with van der Waals surface area (Å²) in [7, 11) is 0. The number of nitrogens with one attached hydrogen (secondary N) is 1. The summed E-state index contributed by atoms with van der Waals surface area (Å²) in [6.07, 6.45) is 1.01. The predicted molar refractivity (Wildman–Crippen MR) is 83.7 cm³/mol. The van der Waals surface area contributed by atoms with Gasteiger partial charge in [0.15, 0.2) is 0 Å². The third-order valence-corrected chi connectivity index (χ3v) is 3.05. The average molecular weight is 337 g/mol. The molecule has 0 saturated heterocycles. The zero-order valence-corrected chi connectivity index (χ0v) is 12.9. The van der Waals surface area contributed by atoms with Crippen LogP contribution in [0.1, 0.15) is 18.9 Å². The summed E-state index contributed by atoms with van der Waals surface area (Å²) in [5.41, 5.74) is 6.73. The van der Waals surface area contributed by atoms with Gasteiger partial charge in [0.25, 0.3) is 0 Å². The Morgan fingerprint density at radius 1 is 1.30 bits per heavy atom. The van der Waals surface area contributed by atoms with E-state index in [-0.39, 0.29) is 5.95 Å². The van der Waals surface area contributed by atoms with Crippen molar-refractivity contribution in [2.75, 3.05) is 17.6 Å². The Hall–Kier alpha value is -1.82. The molecule has 0 aliphatic rings. The number of ether oxygens (including phenoxy) is 1. The predicted octanol–water partition coefficient (Wildman–Crippen LogP) is 3.22. The monoisotopic (exact) mass is 336 g/mol. The van der Waals surface area contributed by atoms with E-state index in [9.17, 15) is 0 Å². The highest BCUT2D eigenvalue weighted by Gasteiger charge is 2.04. The SMILES string of the molecule is CCCNc1cc(OCc2cccc(Br)c2)nc(N)n1. The number of hydrogen-bond donors (Lipinski definition) is 2. The lowest BCUT2D eigenvalue weighted by Gasteiger charge is -2.09. The number of nitrogens with zero attached hydrogens (tertiary/aromatic N) is 2. The Labute approximate surface area is 126 Å². The first-order valence-corrected chi connectivity index (χ1v) is 7.22. The van der Waals surface area contributed by atoms with E-state index in [1.54, 1.807) is 6.07 Å². The molecular weight excluding hydrogens is 320 g/mol. The summed E-state index contributed by atoms with van der Waals surface area (Å²) in [5, 5.41) is 3.16. The summed E-state index contributed by atoms with van der Waals surface area (Å²) in [6, 6.07) is 9.68. The molecule has 0 unspecified atom stereocenters. The van der Waals surface area contributed by atoms with E-state index in [0.717, 1.165) is 23.0 Å². The first-order valence-electron chi connectivity index (χ1n) is 6.43. The Balaban J connectivity index is 2.03. The van der Waals surface area contributed by atoms with Crippen molar-refractivity contribution in [1.82, 2.24) is 9.97 Å². The van der Waals surface area contributed by atoms with E-state index in [0.29, 0.717) is 18.3 Å². The molecule has 106 valence electrons. The summed E-state index contributed by atoms with van der Waals surface area (Å²) in [6.45, 7) is 3.35. The minimum absolute atomic E-state index is 0.204. The van der Waals surface area contributed by atoms with E-state index in [1.807, 2.05) is 24.3 Å². The second kappa shape index (κ2) is 7.09. The van der Waals surface area contributed by atoms with Crippen LogP contribution in [-0.4, -0.2) is 16.5 Å². The Morgan fingerprint density at radius 2 is 2.15 bits per heavy atom. The van der Waals surface area contributed by atoms with Gasteiger partial charge in [0.05, 0.1) is 0 Å². The van der Waals surface area contributed by atoms with Gasteiger partial charge in [-0.25, -0.2) is 0 Å². The summed E-state index contributed by atoms with van der Waals surface area (Å²) in [4.78, 5) is 8.18. The molecule has 3 N–H and O–H groups in total. The fourth-order valence-electron chi connectivity index (χ4n) is 1.64. The van der Waals surface area contributed by atoms with Crippen molar-refractivity contribution < 1.29 is 4.74 Å². The molecule has 6 heteroatoms. The van der Waals surface area contributed by atoms with Gasteiger partial charge in [-0.2, -0.15) is 9.97 Å². The van der Waals surface area contributed by atoms with E-state index in [2.05, 4.69) is 38.1 Å². The molecule has 5 nitrogen and oxygen atoms in total. The molecule has 1 heterocycles. The van der Waals surface area contributed by atoms with Crippen LogP contribution in [0, 0.1) is 0 Å². The standard InChI is InChI=1S/C14H17BrN4O/c1-2-6-17-12-8-13(19-14(16)18-12)20-9-10-4-3-5-11(15)7-10/h3-5,7-8H,2,6,9H2,1H3,(H3,16,17,18,19). The lowest BCUT2D eigenvalue weighted by Crippen LogP contribution is -2.07. The molecule has 0 amide bonds. The number of nitrogen functional groups attached to an aromatic ring is 1. The van der Waals surface area contributed by atoms with Crippen molar-refractivity contribution in [3.8, 4) is 5.88 Å². The molecule has 1 aromatic carbocycles. The second-order valence-corrected chi connectivity index (χ2v) is 5.21. The maximum absolute atomic E-state index is 5.67. The molecule has 0 bridgehead atoms. The Morgan fingerprint density at radius 3 is 2.90 bits per heavy atom. The molecule has 0 atom stereocenters.